The summed E-state index contributed by atoms with van der Waals surface area (Å²) in [5.74, 6) is 0. The summed E-state index contributed by atoms with van der Waals surface area (Å²) in [7, 11) is 2.06. The number of hydrogen-bond acceptors (Lipinski definition) is 3. The van der Waals surface area contributed by atoms with E-state index in [0.29, 0.717) is 6.67 Å². The maximum absolute atomic E-state index is 12.1. The summed E-state index contributed by atoms with van der Waals surface area (Å²) >= 11 is 3.58. The molecule has 5 nitrogen and oxygen atoms in total. The molecule has 0 amide bonds. The van der Waals surface area contributed by atoms with Gasteiger partial charge < -0.3 is 4.57 Å². The number of para-hydroxylation sites is 2. The van der Waals surface area contributed by atoms with Crippen LogP contribution in [0.15, 0.2) is 82.5 Å². The molecule has 0 aliphatic heterocycles. The predicted octanol–water partition coefficient (Wildman–Crippen LogP) is 4.04. The monoisotopic (exact) mass is 422 g/mol. The Morgan fingerprint density at radius 1 is 1.07 bits per heavy atom. The van der Waals surface area contributed by atoms with E-state index in [9.17, 15) is 4.79 Å². The summed E-state index contributed by atoms with van der Waals surface area (Å²) in [6.45, 7) is 1.42. The van der Waals surface area contributed by atoms with E-state index in [1.54, 1.807) is 6.07 Å². The second-order valence-corrected chi connectivity index (χ2v) is 7.42. The van der Waals surface area contributed by atoms with Crippen molar-refractivity contribution in [3.63, 3.8) is 0 Å². The lowest BCUT2D eigenvalue weighted by molar-refractivity contribution is 0.264. The van der Waals surface area contributed by atoms with Crippen LogP contribution in [0.4, 0.5) is 0 Å². The lowest BCUT2D eigenvalue weighted by Gasteiger charge is -2.20. The van der Waals surface area contributed by atoms with Gasteiger partial charge in [-0.25, -0.2) is 4.68 Å². The van der Waals surface area contributed by atoms with Crippen LogP contribution in [0.5, 0.6) is 0 Å². The van der Waals surface area contributed by atoms with Gasteiger partial charge in [-0.15, -0.1) is 0 Å². The summed E-state index contributed by atoms with van der Waals surface area (Å²) in [5.41, 5.74) is 3.12. The summed E-state index contributed by atoms with van der Waals surface area (Å²) in [5, 5.41) is 5.18. The molecule has 0 atom stereocenters. The fraction of sp³-hybridized carbons (Fsp3) is 0.143. The van der Waals surface area contributed by atoms with Gasteiger partial charge in [-0.05, 0) is 47.2 Å². The molecule has 6 heteroatoms. The van der Waals surface area contributed by atoms with E-state index in [4.69, 9.17) is 0 Å². The molecule has 0 saturated heterocycles. The maximum atomic E-state index is 12.1. The highest BCUT2D eigenvalue weighted by atomic mass is 79.9. The van der Waals surface area contributed by atoms with Crippen LogP contribution in [-0.4, -0.2) is 26.3 Å². The van der Waals surface area contributed by atoms with Crippen LogP contribution < -0.4 is 5.43 Å². The molecular formula is C21H19BrN4O. The van der Waals surface area contributed by atoms with Crippen LogP contribution in [0.2, 0.25) is 0 Å². The van der Waals surface area contributed by atoms with Crippen molar-refractivity contribution in [2.45, 2.75) is 13.2 Å². The SMILES string of the molecule is CN(Cc1cnn(-c2ccccc2)c1)Cn1ccc(=O)c2cccc(Br)c21. The van der Waals surface area contributed by atoms with E-state index in [1.165, 1.54) is 0 Å². The second kappa shape index (κ2) is 7.50. The van der Waals surface area contributed by atoms with Crippen LogP contribution in [0.3, 0.4) is 0 Å². The average Bonchev–Trinajstić information content (AvgIpc) is 3.13. The molecule has 136 valence electrons. The molecule has 0 N–H and O–H groups in total. The molecular weight excluding hydrogens is 404 g/mol. The highest BCUT2D eigenvalue weighted by Crippen LogP contribution is 2.22. The maximum Gasteiger partial charge on any atom is 0.189 e. The Labute approximate surface area is 165 Å². The van der Waals surface area contributed by atoms with Crippen LogP contribution in [0, 0.1) is 0 Å². The predicted molar refractivity (Wildman–Crippen MR) is 111 cm³/mol. The van der Waals surface area contributed by atoms with E-state index >= 15 is 0 Å². The van der Waals surface area contributed by atoms with Gasteiger partial charge in [0.1, 0.15) is 0 Å². The summed E-state index contributed by atoms with van der Waals surface area (Å²) in [4.78, 5) is 14.3. The van der Waals surface area contributed by atoms with E-state index in [0.717, 1.165) is 33.2 Å². The lowest BCUT2D eigenvalue weighted by Crippen LogP contribution is -2.23. The fourth-order valence-corrected chi connectivity index (χ4v) is 3.83. The molecule has 0 saturated carbocycles. The first-order valence-electron chi connectivity index (χ1n) is 8.67. The highest BCUT2D eigenvalue weighted by Gasteiger charge is 2.09. The Bertz CT molecular complexity index is 1130. The molecule has 2 aromatic carbocycles. The van der Waals surface area contributed by atoms with Gasteiger partial charge in [0, 0.05) is 40.4 Å². The number of halogens is 1. The number of rotatable bonds is 5. The second-order valence-electron chi connectivity index (χ2n) is 6.57. The Hall–Kier alpha value is -2.70. The zero-order valence-electron chi connectivity index (χ0n) is 14.9. The molecule has 0 unspecified atom stereocenters. The van der Waals surface area contributed by atoms with Crippen molar-refractivity contribution < 1.29 is 0 Å². The van der Waals surface area contributed by atoms with Crippen LogP contribution >= 0.6 is 15.9 Å². The van der Waals surface area contributed by atoms with Crippen molar-refractivity contribution >= 4 is 26.8 Å². The van der Waals surface area contributed by atoms with Gasteiger partial charge in [-0.3, -0.25) is 9.69 Å². The van der Waals surface area contributed by atoms with Crippen molar-refractivity contribution in [1.29, 1.82) is 0 Å². The molecule has 0 radical (unpaired) electrons. The van der Waals surface area contributed by atoms with Gasteiger partial charge in [0.2, 0.25) is 0 Å². The molecule has 0 spiro atoms. The van der Waals surface area contributed by atoms with Crippen molar-refractivity contribution in [1.82, 2.24) is 19.2 Å². The number of hydrogen-bond donors (Lipinski definition) is 0. The third-order valence-corrected chi connectivity index (χ3v) is 5.09. The zero-order valence-corrected chi connectivity index (χ0v) is 16.5. The third kappa shape index (κ3) is 3.72. The normalized spacial score (nSPS) is 11.4. The number of benzene rings is 2. The van der Waals surface area contributed by atoms with Crippen molar-refractivity contribution in [2.75, 3.05) is 7.05 Å². The van der Waals surface area contributed by atoms with Crippen molar-refractivity contribution in [2.24, 2.45) is 0 Å². The van der Waals surface area contributed by atoms with E-state index in [-0.39, 0.29) is 5.43 Å². The van der Waals surface area contributed by atoms with E-state index in [1.807, 2.05) is 71.8 Å². The first kappa shape index (κ1) is 17.7. The van der Waals surface area contributed by atoms with E-state index in [2.05, 4.69) is 37.5 Å². The molecule has 2 aromatic heterocycles. The fourth-order valence-electron chi connectivity index (χ4n) is 3.23. The first-order chi connectivity index (χ1) is 13.1. The molecule has 0 aliphatic carbocycles. The Kier molecular flexibility index (Phi) is 4.92. The van der Waals surface area contributed by atoms with Crippen LogP contribution in [0.25, 0.3) is 16.6 Å². The lowest BCUT2D eigenvalue weighted by atomic mass is 10.2. The molecule has 4 aromatic rings. The van der Waals surface area contributed by atoms with Gasteiger partial charge >= 0.3 is 0 Å². The van der Waals surface area contributed by atoms with Crippen LogP contribution in [0.1, 0.15) is 5.56 Å². The van der Waals surface area contributed by atoms with Gasteiger partial charge in [0.25, 0.3) is 0 Å². The largest absolute Gasteiger partial charge is 0.333 e. The number of nitrogens with zero attached hydrogens (tertiary/aromatic N) is 4. The van der Waals surface area contributed by atoms with Crippen LogP contribution in [-0.2, 0) is 13.2 Å². The summed E-state index contributed by atoms with van der Waals surface area (Å²) in [6.07, 6.45) is 5.79. The molecule has 2 heterocycles. The minimum absolute atomic E-state index is 0.0364. The summed E-state index contributed by atoms with van der Waals surface area (Å²) < 4.78 is 4.89. The third-order valence-electron chi connectivity index (χ3n) is 4.45. The number of aromatic nitrogens is 3. The first-order valence-corrected chi connectivity index (χ1v) is 9.46. The van der Waals surface area contributed by atoms with Gasteiger partial charge in [-0.1, -0.05) is 24.3 Å². The minimum Gasteiger partial charge on any atom is -0.333 e. The highest BCUT2D eigenvalue weighted by molar-refractivity contribution is 9.10. The van der Waals surface area contributed by atoms with E-state index < -0.39 is 0 Å². The average molecular weight is 423 g/mol. The topological polar surface area (TPSA) is 43.1 Å². The van der Waals surface area contributed by atoms with Gasteiger partial charge in [-0.2, -0.15) is 5.10 Å². The zero-order chi connectivity index (χ0) is 18.8. The van der Waals surface area contributed by atoms with Crippen molar-refractivity contribution in [3.05, 3.63) is 93.4 Å². The summed E-state index contributed by atoms with van der Waals surface area (Å²) in [6, 6.07) is 17.4. The number of pyridine rings is 1. The molecule has 0 bridgehead atoms. The quantitative estimate of drug-likeness (QED) is 0.487. The number of fused-ring (bicyclic) bond motifs is 1. The van der Waals surface area contributed by atoms with Crippen molar-refractivity contribution in [3.8, 4) is 5.69 Å². The van der Waals surface area contributed by atoms with Gasteiger partial charge in [0.15, 0.2) is 5.43 Å². The Morgan fingerprint density at radius 3 is 2.70 bits per heavy atom. The molecule has 0 aliphatic rings. The Balaban J connectivity index is 1.55. The smallest absolute Gasteiger partial charge is 0.189 e. The molecule has 4 rings (SSSR count). The Morgan fingerprint density at radius 2 is 1.89 bits per heavy atom. The minimum atomic E-state index is 0.0364. The van der Waals surface area contributed by atoms with Gasteiger partial charge in [0.05, 0.1) is 24.1 Å². The standard InChI is InChI=1S/C21H19BrN4O/c1-24(13-16-12-23-26(14-16)17-6-3-2-4-7-17)15-25-11-10-20(27)18-8-5-9-19(22)21(18)25/h2-12,14H,13,15H2,1H3. The molecule has 0 fully saturated rings. The molecule has 27 heavy (non-hydrogen) atoms.